The largest absolute Gasteiger partial charge is 0.344 e. The van der Waals surface area contributed by atoms with Crippen LogP contribution in [0.1, 0.15) is 21.2 Å². The second-order valence-corrected chi connectivity index (χ2v) is 6.92. The Morgan fingerprint density at radius 2 is 2.09 bits per heavy atom. The van der Waals surface area contributed by atoms with Crippen molar-refractivity contribution >= 4 is 39.8 Å². The first-order valence-electron chi connectivity index (χ1n) is 6.76. The molecule has 0 bridgehead atoms. The number of hydrogen-bond donors (Lipinski definition) is 1. The van der Waals surface area contributed by atoms with Crippen LogP contribution in [0.15, 0.2) is 36.9 Å². The topological polar surface area (TPSA) is 80.7 Å². The summed E-state index contributed by atoms with van der Waals surface area (Å²) in [4.78, 5) is 29.7. The molecule has 0 saturated carbocycles. The predicted molar refractivity (Wildman–Crippen MR) is 96.0 cm³/mol. The number of rotatable bonds is 4. The minimum absolute atomic E-state index is 0.169. The Morgan fingerprint density at radius 3 is 2.83 bits per heavy atom. The molecule has 1 amide bonds. The monoisotopic (exact) mass is 437 g/mol. The molecule has 6 nitrogen and oxygen atoms in total. The predicted octanol–water partition coefficient (Wildman–Crippen LogP) is 2.84. The van der Waals surface area contributed by atoms with Crippen LogP contribution in [0.4, 0.5) is 0 Å². The number of aryl methyl sites for hydroxylation is 1. The lowest BCUT2D eigenvalue weighted by Gasteiger charge is -2.02. The molecule has 0 unspecified atom stereocenters. The van der Waals surface area contributed by atoms with Gasteiger partial charge in [0.1, 0.15) is 15.7 Å². The summed E-state index contributed by atoms with van der Waals surface area (Å²) in [7, 11) is 0. The number of hydrogen-bond acceptors (Lipinski definition) is 6. The van der Waals surface area contributed by atoms with Crippen LogP contribution in [0.2, 0.25) is 0 Å². The number of carbonyl (C=O) groups is 1. The van der Waals surface area contributed by atoms with Crippen LogP contribution in [0.5, 0.6) is 0 Å². The lowest BCUT2D eigenvalue weighted by atomic mass is 10.3. The van der Waals surface area contributed by atoms with Gasteiger partial charge in [-0.2, -0.15) is 0 Å². The van der Waals surface area contributed by atoms with Gasteiger partial charge in [-0.05, 0) is 41.6 Å². The summed E-state index contributed by atoms with van der Waals surface area (Å²) in [5, 5.41) is 3.61. The lowest BCUT2D eigenvalue weighted by molar-refractivity contribution is 0.0953. The van der Waals surface area contributed by atoms with E-state index in [0.29, 0.717) is 16.4 Å². The average molecular weight is 437 g/mol. The molecule has 0 atom stereocenters. The van der Waals surface area contributed by atoms with Crippen LogP contribution in [0, 0.1) is 10.5 Å². The Labute approximate surface area is 150 Å². The van der Waals surface area contributed by atoms with Gasteiger partial charge in [-0.15, -0.1) is 11.3 Å². The van der Waals surface area contributed by atoms with Gasteiger partial charge in [-0.25, -0.2) is 15.0 Å². The molecular weight excluding hydrogens is 425 g/mol. The van der Waals surface area contributed by atoms with E-state index in [4.69, 9.17) is 0 Å². The molecule has 3 heterocycles. The number of pyridine rings is 1. The summed E-state index contributed by atoms with van der Waals surface area (Å²) in [5.41, 5.74) is 1.62. The molecular formula is C15H12IN5OS. The normalized spacial score (nSPS) is 10.5. The van der Waals surface area contributed by atoms with Crippen LogP contribution in [-0.4, -0.2) is 25.8 Å². The first-order valence-corrected chi connectivity index (χ1v) is 8.65. The van der Waals surface area contributed by atoms with Crippen LogP contribution in [0.3, 0.4) is 0 Å². The number of nitrogens with one attached hydrogen (secondary N) is 1. The lowest BCUT2D eigenvalue weighted by Crippen LogP contribution is -2.23. The minimum Gasteiger partial charge on any atom is -0.344 e. The fourth-order valence-corrected chi connectivity index (χ4v) is 3.38. The van der Waals surface area contributed by atoms with Crippen molar-refractivity contribution in [3.63, 3.8) is 0 Å². The van der Waals surface area contributed by atoms with Gasteiger partial charge in [-0.3, -0.25) is 9.78 Å². The van der Waals surface area contributed by atoms with Gasteiger partial charge in [0.25, 0.3) is 5.91 Å². The SMILES string of the molecule is Cc1nc(-c2cncc(I)c2)sc1C(=O)NCc1ncccn1. The van der Waals surface area contributed by atoms with E-state index in [1.165, 1.54) is 11.3 Å². The highest BCUT2D eigenvalue weighted by Gasteiger charge is 2.16. The van der Waals surface area contributed by atoms with E-state index < -0.39 is 0 Å². The number of carbonyl (C=O) groups excluding carboxylic acids is 1. The van der Waals surface area contributed by atoms with Crippen LogP contribution >= 0.6 is 33.9 Å². The van der Waals surface area contributed by atoms with Crippen molar-refractivity contribution in [2.24, 2.45) is 0 Å². The van der Waals surface area contributed by atoms with Crippen molar-refractivity contribution < 1.29 is 4.79 Å². The fraction of sp³-hybridized carbons (Fsp3) is 0.133. The van der Waals surface area contributed by atoms with E-state index in [1.807, 2.05) is 13.0 Å². The third-order valence-corrected chi connectivity index (χ3v) is 4.78. The number of halogens is 1. The Bertz CT molecular complexity index is 837. The van der Waals surface area contributed by atoms with E-state index in [-0.39, 0.29) is 12.5 Å². The standard InChI is InChI=1S/C15H12IN5OS/c1-9-13(14(22)20-8-12-18-3-2-4-19-12)23-15(21-9)10-5-11(16)7-17-6-10/h2-7H,8H2,1H3,(H,20,22). The molecule has 3 aromatic heterocycles. The molecule has 116 valence electrons. The average Bonchev–Trinajstić information content (AvgIpc) is 2.96. The van der Waals surface area contributed by atoms with Gasteiger partial charge in [-0.1, -0.05) is 0 Å². The van der Waals surface area contributed by atoms with Gasteiger partial charge in [0, 0.05) is 33.9 Å². The molecule has 0 saturated heterocycles. The Kier molecular flexibility index (Phi) is 4.91. The van der Waals surface area contributed by atoms with Crippen molar-refractivity contribution in [2.45, 2.75) is 13.5 Å². The van der Waals surface area contributed by atoms with E-state index >= 15 is 0 Å². The molecule has 1 N–H and O–H groups in total. The number of thiazole rings is 1. The second kappa shape index (κ2) is 7.09. The smallest absolute Gasteiger partial charge is 0.263 e. The van der Waals surface area contributed by atoms with Gasteiger partial charge in [0.2, 0.25) is 0 Å². The highest BCUT2D eigenvalue weighted by Crippen LogP contribution is 2.28. The molecule has 0 radical (unpaired) electrons. The molecule has 0 fully saturated rings. The number of nitrogens with zero attached hydrogens (tertiary/aromatic N) is 4. The Morgan fingerprint density at radius 1 is 1.30 bits per heavy atom. The van der Waals surface area contributed by atoms with E-state index in [1.54, 1.807) is 30.9 Å². The molecule has 23 heavy (non-hydrogen) atoms. The van der Waals surface area contributed by atoms with Gasteiger partial charge in [0.15, 0.2) is 0 Å². The summed E-state index contributed by atoms with van der Waals surface area (Å²) in [6.45, 7) is 2.12. The maximum atomic E-state index is 12.3. The van der Waals surface area contributed by atoms with Crippen molar-refractivity contribution in [1.29, 1.82) is 0 Å². The third-order valence-electron chi connectivity index (χ3n) is 2.98. The highest BCUT2D eigenvalue weighted by atomic mass is 127. The summed E-state index contributed by atoms with van der Waals surface area (Å²) in [6, 6.07) is 3.73. The summed E-state index contributed by atoms with van der Waals surface area (Å²) in [6.07, 6.45) is 6.82. The molecule has 0 aliphatic heterocycles. The van der Waals surface area contributed by atoms with Crippen LogP contribution < -0.4 is 5.32 Å². The molecule has 3 aromatic rings. The van der Waals surface area contributed by atoms with Crippen molar-refractivity contribution in [2.75, 3.05) is 0 Å². The minimum atomic E-state index is -0.169. The van der Waals surface area contributed by atoms with Gasteiger partial charge in [0.05, 0.1) is 12.2 Å². The quantitative estimate of drug-likeness (QED) is 0.635. The summed E-state index contributed by atoms with van der Waals surface area (Å²) < 4.78 is 1.03. The Hall–Kier alpha value is -1.94. The van der Waals surface area contributed by atoms with Crippen molar-refractivity contribution in [3.05, 3.63) is 56.9 Å². The van der Waals surface area contributed by atoms with Gasteiger partial charge < -0.3 is 5.32 Å². The van der Waals surface area contributed by atoms with Crippen molar-refractivity contribution in [3.8, 4) is 10.6 Å². The Balaban J connectivity index is 1.76. The molecule has 0 aliphatic rings. The number of amides is 1. The maximum Gasteiger partial charge on any atom is 0.263 e. The van der Waals surface area contributed by atoms with E-state index in [9.17, 15) is 4.79 Å². The number of aromatic nitrogens is 4. The van der Waals surface area contributed by atoms with Gasteiger partial charge >= 0.3 is 0 Å². The zero-order valence-corrected chi connectivity index (χ0v) is 15.1. The van der Waals surface area contributed by atoms with Crippen LogP contribution in [-0.2, 0) is 6.54 Å². The zero-order chi connectivity index (χ0) is 16.2. The molecule has 3 rings (SSSR count). The maximum absolute atomic E-state index is 12.3. The summed E-state index contributed by atoms with van der Waals surface area (Å²) >= 11 is 3.56. The summed E-state index contributed by atoms with van der Waals surface area (Å²) in [5.74, 6) is 0.405. The second-order valence-electron chi connectivity index (χ2n) is 4.67. The fourth-order valence-electron chi connectivity index (χ4n) is 1.92. The molecule has 0 spiro atoms. The molecule has 0 aliphatic carbocycles. The highest BCUT2D eigenvalue weighted by molar-refractivity contribution is 14.1. The first kappa shape index (κ1) is 15.9. The van der Waals surface area contributed by atoms with E-state index in [0.717, 1.165) is 14.1 Å². The van der Waals surface area contributed by atoms with Crippen LogP contribution in [0.25, 0.3) is 10.6 Å². The van der Waals surface area contributed by atoms with E-state index in [2.05, 4.69) is 47.8 Å². The molecule has 0 aromatic carbocycles. The third kappa shape index (κ3) is 3.88. The first-order chi connectivity index (χ1) is 11.1. The zero-order valence-electron chi connectivity index (χ0n) is 12.2. The van der Waals surface area contributed by atoms with Crippen molar-refractivity contribution in [1.82, 2.24) is 25.3 Å². The molecule has 8 heteroatoms.